The fourth-order valence-electron chi connectivity index (χ4n) is 1.96. The van der Waals surface area contributed by atoms with Gasteiger partial charge in [0.2, 0.25) is 0 Å². The van der Waals surface area contributed by atoms with Crippen molar-refractivity contribution in [2.45, 2.75) is 51.6 Å². The summed E-state index contributed by atoms with van der Waals surface area (Å²) < 4.78 is 5.33. The first-order chi connectivity index (χ1) is 5.86. The van der Waals surface area contributed by atoms with E-state index in [0.29, 0.717) is 6.10 Å². The average Bonchev–Trinajstić information content (AvgIpc) is 2.15. The van der Waals surface area contributed by atoms with Gasteiger partial charge in [0.1, 0.15) is 0 Å². The van der Waals surface area contributed by atoms with Crippen LogP contribution in [-0.2, 0) is 4.74 Å². The molecule has 0 bridgehead atoms. The molecule has 71 valence electrons. The maximum absolute atomic E-state index is 5.33. The zero-order chi connectivity index (χ0) is 8.81. The molecule has 0 aliphatic heterocycles. The third kappa shape index (κ3) is 3.14. The minimum atomic E-state index is 0.552. The largest absolute Gasteiger partial charge is 0.381 e. The highest BCUT2D eigenvalue weighted by molar-refractivity contribution is 4.81. The fourth-order valence-corrected chi connectivity index (χ4v) is 1.96. The van der Waals surface area contributed by atoms with Crippen molar-refractivity contribution in [3.05, 3.63) is 6.42 Å². The lowest BCUT2D eigenvalue weighted by molar-refractivity contribution is 0.0605. The van der Waals surface area contributed by atoms with Crippen LogP contribution in [0.4, 0.5) is 0 Å². The molecule has 1 heteroatoms. The first kappa shape index (κ1) is 10.0. The summed E-state index contributed by atoms with van der Waals surface area (Å²) in [5.41, 5.74) is 0. The van der Waals surface area contributed by atoms with E-state index in [4.69, 9.17) is 4.74 Å². The predicted molar refractivity (Wildman–Crippen MR) is 52.0 cm³/mol. The van der Waals surface area contributed by atoms with E-state index in [2.05, 4.69) is 13.3 Å². The van der Waals surface area contributed by atoms with Gasteiger partial charge < -0.3 is 4.74 Å². The molecule has 1 nitrogen and oxygen atoms in total. The molecule has 0 atom stereocenters. The Balaban J connectivity index is 2.09. The lowest BCUT2D eigenvalue weighted by Gasteiger charge is -2.27. The summed E-state index contributed by atoms with van der Waals surface area (Å²) in [5.74, 6) is 0.886. The molecule has 1 aliphatic carbocycles. The molecule has 0 heterocycles. The van der Waals surface area contributed by atoms with Crippen LogP contribution in [0.15, 0.2) is 0 Å². The van der Waals surface area contributed by atoms with E-state index in [1.54, 1.807) is 0 Å². The topological polar surface area (TPSA) is 9.23 Å². The molecule has 0 N–H and O–H groups in total. The SMILES string of the molecule is CCC[CH]C1CCC(OC)CC1. The highest BCUT2D eigenvalue weighted by Gasteiger charge is 2.19. The lowest BCUT2D eigenvalue weighted by Crippen LogP contribution is -2.20. The zero-order valence-corrected chi connectivity index (χ0v) is 8.38. The molecular formula is C11H21O. The van der Waals surface area contributed by atoms with Gasteiger partial charge in [-0.1, -0.05) is 19.8 Å². The summed E-state index contributed by atoms with van der Waals surface area (Å²) in [7, 11) is 1.83. The molecule has 0 unspecified atom stereocenters. The summed E-state index contributed by atoms with van der Waals surface area (Å²) in [6.45, 7) is 2.25. The van der Waals surface area contributed by atoms with Gasteiger partial charge in [0.15, 0.2) is 0 Å². The highest BCUT2D eigenvalue weighted by atomic mass is 16.5. The number of methoxy groups -OCH3 is 1. The highest BCUT2D eigenvalue weighted by Crippen LogP contribution is 2.28. The maximum atomic E-state index is 5.33. The van der Waals surface area contributed by atoms with Crippen molar-refractivity contribution in [2.24, 2.45) is 5.92 Å². The lowest BCUT2D eigenvalue weighted by atomic mass is 9.84. The van der Waals surface area contributed by atoms with Gasteiger partial charge in [-0.25, -0.2) is 0 Å². The summed E-state index contributed by atoms with van der Waals surface area (Å²) in [6.07, 6.45) is 10.9. The monoisotopic (exact) mass is 169 g/mol. The number of unbranched alkanes of at least 4 members (excludes halogenated alkanes) is 1. The second-order valence-electron chi connectivity index (χ2n) is 3.80. The Morgan fingerprint density at radius 2 is 1.92 bits per heavy atom. The minimum Gasteiger partial charge on any atom is -0.381 e. The second kappa shape index (κ2) is 5.58. The Kier molecular flexibility index (Phi) is 4.67. The van der Waals surface area contributed by atoms with E-state index in [1.807, 2.05) is 7.11 Å². The van der Waals surface area contributed by atoms with Crippen LogP contribution in [0.1, 0.15) is 45.4 Å². The third-order valence-electron chi connectivity index (χ3n) is 2.84. The van der Waals surface area contributed by atoms with Crippen LogP contribution >= 0.6 is 0 Å². The normalized spacial score (nSPS) is 30.5. The van der Waals surface area contributed by atoms with Gasteiger partial charge in [0.05, 0.1) is 6.10 Å². The smallest absolute Gasteiger partial charge is 0.0571 e. The van der Waals surface area contributed by atoms with E-state index in [9.17, 15) is 0 Å². The Hall–Kier alpha value is -0.0400. The zero-order valence-electron chi connectivity index (χ0n) is 8.38. The Morgan fingerprint density at radius 1 is 1.25 bits per heavy atom. The predicted octanol–water partition coefficient (Wildman–Crippen LogP) is 3.20. The molecule has 0 spiro atoms. The molecule has 1 saturated carbocycles. The molecule has 0 aromatic heterocycles. The molecule has 0 saturated heterocycles. The van der Waals surface area contributed by atoms with Crippen LogP contribution in [0.3, 0.4) is 0 Å². The van der Waals surface area contributed by atoms with Gasteiger partial charge >= 0.3 is 0 Å². The van der Waals surface area contributed by atoms with E-state index >= 15 is 0 Å². The van der Waals surface area contributed by atoms with Gasteiger partial charge in [-0.05, 0) is 38.0 Å². The van der Waals surface area contributed by atoms with Gasteiger partial charge in [-0.3, -0.25) is 0 Å². The van der Waals surface area contributed by atoms with Crippen molar-refractivity contribution in [3.63, 3.8) is 0 Å². The van der Waals surface area contributed by atoms with Crippen molar-refractivity contribution in [2.75, 3.05) is 7.11 Å². The Bertz CT molecular complexity index is 104. The summed E-state index contributed by atoms with van der Waals surface area (Å²) in [4.78, 5) is 0. The third-order valence-corrected chi connectivity index (χ3v) is 2.84. The number of rotatable bonds is 4. The molecule has 1 radical (unpaired) electrons. The minimum absolute atomic E-state index is 0.552. The van der Waals surface area contributed by atoms with Crippen LogP contribution < -0.4 is 0 Å². The fraction of sp³-hybridized carbons (Fsp3) is 0.909. The Morgan fingerprint density at radius 3 is 2.42 bits per heavy atom. The molecule has 0 amide bonds. The van der Waals surface area contributed by atoms with Gasteiger partial charge in [-0.15, -0.1) is 0 Å². The van der Waals surface area contributed by atoms with Crippen molar-refractivity contribution < 1.29 is 4.74 Å². The number of hydrogen-bond acceptors (Lipinski definition) is 1. The van der Waals surface area contributed by atoms with Crippen molar-refractivity contribution >= 4 is 0 Å². The van der Waals surface area contributed by atoms with Gasteiger partial charge in [0, 0.05) is 7.11 Å². The van der Waals surface area contributed by atoms with Gasteiger partial charge in [0.25, 0.3) is 0 Å². The van der Waals surface area contributed by atoms with Crippen LogP contribution in [-0.4, -0.2) is 13.2 Å². The summed E-state index contributed by atoms with van der Waals surface area (Å²) in [5, 5.41) is 0. The molecule has 1 fully saturated rings. The summed E-state index contributed by atoms with van der Waals surface area (Å²) >= 11 is 0. The quantitative estimate of drug-likeness (QED) is 0.628. The standard InChI is InChI=1S/C11H21O/c1-3-4-5-10-6-8-11(12-2)9-7-10/h5,10-11H,3-4,6-9H2,1-2H3. The van der Waals surface area contributed by atoms with E-state index < -0.39 is 0 Å². The second-order valence-corrected chi connectivity index (χ2v) is 3.80. The Labute approximate surface area is 76.5 Å². The number of hydrogen-bond donors (Lipinski definition) is 0. The van der Waals surface area contributed by atoms with Gasteiger partial charge in [-0.2, -0.15) is 0 Å². The molecule has 1 rings (SSSR count). The van der Waals surface area contributed by atoms with Crippen molar-refractivity contribution in [1.29, 1.82) is 0 Å². The van der Waals surface area contributed by atoms with Crippen molar-refractivity contribution in [1.82, 2.24) is 0 Å². The molecule has 12 heavy (non-hydrogen) atoms. The number of ether oxygens (including phenoxy) is 1. The summed E-state index contributed by atoms with van der Waals surface area (Å²) in [6, 6.07) is 0. The molecule has 0 aromatic rings. The van der Waals surface area contributed by atoms with Crippen LogP contribution in [0.2, 0.25) is 0 Å². The first-order valence-electron chi connectivity index (χ1n) is 5.23. The first-order valence-corrected chi connectivity index (χ1v) is 5.23. The van der Waals surface area contributed by atoms with E-state index in [0.717, 1.165) is 5.92 Å². The van der Waals surface area contributed by atoms with Crippen LogP contribution in [0, 0.1) is 12.3 Å². The van der Waals surface area contributed by atoms with E-state index in [1.165, 1.54) is 38.5 Å². The van der Waals surface area contributed by atoms with Crippen LogP contribution in [0.5, 0.6) is 0 Å². The molecule has 1 aliphatic rings. The maximum Gasteiger partial charge on any atom is 0.0571 e. The molecular weight excluding hydrogens is 148 g/mol. The van der Waals surface area contributed by atoms with Crippen LogP contribution in [0.25, 0.3) is 0 Å². The molecule has 0 aromatic carbocycles. The average molecular weight is 169 g/mol. The van der Waals surface area contributed by atoms with E-state index in [-0.39, 0.29) is 0 Å². The van der Waals surface area contributed by atoms with Crippen molar-refractivity contribution in [3.8, 4) is 0 Å².